The van der Waals surface area contributed by atoms with Crippen molar-refractivity contribution in [3.63, 3.8) is 0 Å². The molecule has 0 saturated carbocycles. The van der Waals surface area contributed by atoms with Gasteiger partial charge in [0, 0.05) is 25.1 Å². The molecular formula is C24H28N6O2. The average Bonchev–Trinajstić information content (AvgIpc) is 3.40. The van der Waals surface area contributed by atoms with Crippen molar-refractivity contribution in [1.29, 1.82) is 0 Å². The summed E-state index contributed by atoms with van der Waals surface area (Å²) in [4.78, 5) is 26.9. The summed E-state index contributed by atoms with van der Waals surface area (Å²) in [5, 5.41) is 14.5. The minimum atomic E-state index is -0.106. The molecule has 2 aromatic carbocycles. The summed E-state index contributed by atoms with van der Waals surface area (Å²) in [6, 6.07) is 14.4. The van der Waals surface area contributed by atoms with E-state index in [2.05, 4.69) is 51.3 Å². The molecule has 1 aromatic heterocycles. The molecule has 2 aliphatic rings. The maximum atomic E-state index is 12.6. The standard InChI is InChI=1S/C24H28N6O2/c31-22(11-9-17-8-10-18-6-2-3-7-19(18)14-17)25-23-20-15-29(16-21(20)26-27-23)24(32)28-30-12-4-1-5-13-30/h2-3,6-8,10,14H,1,4-5,9,11-13,15-16H2,(H,28,32)(H2,25,26,27,31). The SMILES string of the molecule is O=C(CCc1ccc2ccccc2c1)Nc1n[nH]c2c1CN(C(=O)NN1CCCCC1)C2. The number of urea groups is 1. The molecule has 3 N–H and O–H groups in total. The second-order valence-corrected chi connectivity index (χ2v) is 8.58. The number of benzene rings is 2. The van der Waals surface area contributed by atoms with E-state index in [1.807, 2.05) is 17.1 Å². The minimum Gasteiger partial charge on any atom is -0.313 e. The highest BCUT2D eigenvalue weighted by Gasteiger charge is 2.29. The lowest BCUT2D eigenvalue weighted by Gasteiger charge is -2.29. The lowest BCUT2D eigenvalue weighted by molar-refractivity contribution is -0.116. The van der Waals surface area contributed by atoms with Gasteiger partial charge in [-0.25, -0.2) is 9.80 Å². The molecule has 2 aliphatic heterocycles. The Kier molecular flexibility index (Phi) is 5.77. The topological polar surface area (TPSA) is 93.4 Å². The largest absolute Gasteiger partial charge is 0.332 e. The number of piperidine rings is 1. The van der Waals surface area contributed by atoms with Crippen LogP contribution in [0.25, 0.3) is 10.8 Å². The maximum Gasteiger partial charge on any atom is 0.332 e. The van der Waals surface area contributed by atoms with Crippen molar-refractivity contribution < 1.29 is 9.59 Å². The molecule has 8 heteroatoms. The number of fused-ring (bicyclic) bond motifs is 2. The van der Waals surface area contributed by atoms with Crippen molar-refractivity contribution in [3.05, 3.63) is 59.3 Å². The number of carbonyl (C=O) groups excluding carboxylic acids is 2. The summed E-state index contributed by atoms with van der Waals surface area (Å²) >= 11 is 0. The van der Waals surface area contributed by atoms with Crippen LogP contribution in [-0.4, -0.2) is 45.1 Å². The smallest absolute Gasteiger partial charge is 0.313 e. The van der Waals surface area contributed by atoms with Crippen LogP contribution in [0.1, 0.15) is 42.5 Å². The maximum absolute atomic E-state index is 12.6. The Bertz CT molecular complexity index is 1130. The summed E-state index contributed by atoms with van der Waals surface area (Å²) in [7, 11) is 0. The number of nitrogens with zero attached hydrogens (tertiary/aromatic N) is 3. The molecule has 5 rings (SSSR count). The molecule has 0 atom stereocenters. The van der Waals surface area contributed by atoms with Gasteiger partial charge in [-0.3, -0.25) is 15.3 Å². The molecule has 0 bridgehead atoms. The number of amides is 3. The fourth-order valence-electron chi connectivity index (χ4n) is 4.45. The number of anilines is 1. The quantitative estimate of drug-likeness (QED) is 0.575. The van der Waals surface area contributed by atoms with E-state index < -0.39 is 0 Å². The molecule has 0 aliphatic carbocycles. The summed E-state index contributed by atoms with van der Waals surface area (Å²) in [6.45, 7) is 2.69. The van der Waals surface area contributed by atoms with E-state index in [1.165, 1.54) is 17.2 Å². The monoisotopic (exact) mass is 432 g/mol. The molecule has 8 nitrogen and oxygen atoms in total. The lowest BCUT2D eigenvalue weighted by Crippen LogP contribution is -2.49. The van der Waals surface area contributed by atoms with Gasteiger partial charge in [-0.2, -0.15) is 5.10 Å². The number of carbonyl (C=O) groups is 2. The van der Waals surface area contributed by atoms with Crippen molar-refractivity contribution in [2.75, 3.05) is 18.4 Å². The highest BCUT2D eigenvalue weighted by atomic mass is 16.2. The summed E-state index contributed by atoms with van der Waals surface area (Å²) in [5.74, 6) is 0.445. The van der Waals surface area contributed by atoms with Crippen LogP contribution < -0.4 is 10.7 Å². The second kappa shape index (κ2) is 9.00. The van der Waals surface area contributed by atoms with Gasteiger partial charge in [0.25, 0.3) is 0 Å². The van der Waals surface area contributed by atoms with Gasteiger partial charge in [0.15, 0.2) is 5.82 Å². The predicted molar refractivity (Wildman–Crippen MR) is 123 cm³/mol. The van der Waals surface area contributed by atoms with Crippen LogP contribution in [0.4, 0.5) is 10.6 Å². The van der Waals surface area contributed by atoms with Gasteiger partial charge in [-0.1, -0.05) is 48.9 Å². The number of hydrogen-bond donors (Lipinski definition) is 3. The highest BCUT2D eigenvalue weighted by molar-refractivity contribution is 5.91. The van der Waals surface area contributed by atoms with Gasteiger partial charge in [0.05, 0.1) is 18.8 Å². The summed E-state index contributed by atoms with van der Waals surface area (Å²) in [5.41, 5.74) is 5.89. The minimum absolute atomic E-state index is 0.0799. The number of nitrogens with one attached hydrogen (secondary N) is 3. The van der Waals surface area contributed by atoms with Crippen LogP contribution in [0.2, 0.25) is 0 Å². The van der Waals surface area contributed by atoms with Gasteiger partial charge in [0.2, 0.25) is 5.91 Å². The normalized spacial score (nSPS) is 16.2. The number of H-pyrrole nitrogens is 1. The lowest BCUT2D eigenvalue weighted by atomic mass is 10.0. The van der Waals surface area contributed by atoms with E-state index >= 15 is 0 Å². The summed E-state index contributed by atoms with van der Waals surface area (Å²) in [6.07, 6.45) is 4.47. The molecule has 1 saturated heterocycles. The third-order valence-corrected chi connectivity index (χ3v) is 6.26. The molecular weight excluding hydrogens is 404 g/mol. The zero-order valence-corrected chi connectivity index (χ0v) is 18.1. The van der Waals surface area contributed by atoms with Crippen molar-refractivity contribution >= 4 is 28.5 Å². The Labute approximate surface area is 186 Å². The first kappa shape index (κ1) is 20.5. The van der Waals surface area contributed by atoms with Crippen LogP contribution >= 0.6 is 0 Å². The zero-order chi connectivity index (χ0) is 21.9. The fraction of sp³-hybridized carbons (Fsp3) is 0.375. The van der Waals surface area contributed by atoms with Crippen molar-refractivity contribution in [2.45, 2.75) is 45.2 Å². The van der Waals surface area contributed by atoms with Gasteiger partial charge in [-0.15, -0.1) is 0 Å². The molecule has 3 amide bonds. The van der Waals surface area contributed by atoms with Crippen LogP contribution in [0.3, 0.4) is 0 Å². The van der Waals surface area contributed by atoms with Gasteiger partial charge < -0.3 is 10.2 Å². The van der Waals surface area contributed by atoms with E-state index in [1.54, 1.807) is 4.90 Å². The first-order valence-electron chi connectivity index (χ1n) is 11.3. The van der Waals surface area contributed by atoms with E-state index in [4.69, 9.17) is 0 Å². The number of hydrazine groups is 1. The zero-order valence-electron chi connectivity index (χ0n) is 18.1. The van der Waals surface area contributed by atoms with Crippen LogP contribution in [-0.2, 0) is 24.3 Å². The number of aromatic amines is 1. The Morgan fingerprint density at radius 1 is 1.00 bits per heavy atom. The third kappa shape index (κ3) is 4.45. The third-order valence-electron chi connectivity index (χ3n) is 6.26. The first-order valence-corrected chi connectivity index (χ1v) is 11.3. The fourth-order valence-corrected chi connectivity index (χ4v) is 4.45. The molecule has 166 valence electrons. The van der Waals surface area contributed by atoms with Crippen molar-refractivity contribution in [1.82, 2.24) is 25.5 Å². The molecule has 0 spiro atoms. The molecule has 0 unspecified atom stereocenters. The summed E-state index contributed by atoms with van der Waals surface area (Å²) < 4.78 is 0. The molecule has 3 heterocycles. The van der Waals surface area contributed by atoms with Gasteiger partial charge in [-0.05, 0) is 35.6 Å². The Morgan fingerprint density at radius 2 is 1.81 bits per heavy atom. The van der Waals surface area contributed by atoms with E-state index in [-0.39, 0.29) is 11.9 Å². The Morgan fingerprint density at radius 3 is 2.66 bits per heavy atom. The average molecular weight is 433 g/mol. The van der Waals surface area contributed by atoms with Gasteiger partial charge >= 0.3 is 6.03 Å². The van der Waals surface area contributed by atoms with E-state index in [0.29, 0.717) is 31.7 Å². The van der Waals surface area contributed by atoms with Crippen molar-refractivity contribution in [3.8, 4) is 0 Å². The van der Waals surface area contributed by atoms with E-state index in [0.717, 1.165) is 42.8 Å². The van der Waals surface area contributed by atoms with Crippen LogP contribution in [0, 0.1) is 0 Å². The molecule has 1 fully saturated rings. The predicted octanol–water partition coefficient (Wildman–Crippen LogP) is 3.56. The van der Waals surface area contributed by atoms with E-state index in [9.17, 15) is 9.59 Å². The second-order valence-electron chi connectivity index (χ2n) is 8.58. The number of rotatable bonds is 5. The number of hydrogen-bond acceptors (Lipinski definition) is 4. The Balaban J connectivity index is 1.15. The molecule has 0 radical (unpaired) electrons. The highest BCUT2D eigenvalue weighted by Crippen LogP contribution is 2.27. The van der Waals surface area contributed by atoms with Crippen molar-refractivity contribution in [2.24, 2.45) is 0 Å². The molecule has 32 heavy (non-hydrogen) atoms. The molecule has 3 aromatic rings. The Hall–Kier alpha value is -3.39. The number of aryl methyl sites for hydroxylation is 1. The van der Waals surface area contributed by atoms with Crippen LogP contribution in [0.5, 0.6) is 0 Å². The number of aromatic nitrogens is 2. The van der Waals surface area contributed by atoms with Gasteiger partial charge in [0.1, 0.15) is 0 Å². The first-order chi connectivity index (χ1) is 15.7. The van der Waals surface area contributed by atoms with Crippen LogP contribution in [0.15, 0.2) is 42.5 Å².